The van der Waals surface area contributed by atoms with E-state index in [0.29, 0.717) is 21.9 Å². The second-order valence-corrected chi connectivity index (χ2v) is 10.2. The van der Waals surface area contributed by atoms with Crippen LogP contribution in [-0.2, 0) is 16.1 Å². The standard InChI is InChI=1S/C28H22ClF2N7O4/c29-22-14(8-9-18-25(22)35-28(42)34-18)15-5-3-6-17(23(15)31)33-27(41)20-10-13(30)11-37(20)21(39)12-38-19-7-2-1-4-16(19)24(36-38)26(32)40/h1-9,13,20H,10-12H2,(H2,32,40)(H,33,41)(H2,34,35,42)/t13-,20?/m1/s1. The molecule has 3 heterocycles. The zero-order valence-corrected chi connectivity index (χ0v) is 22.4. The van der Waals surface area contributed by atoms with Crippen LogP contribution in [0.25, 0.3) is 33.1 Å². The molecule has 1 saturated heterocycles. The van der Waals surface area contributed by atoms with Gasteiger partial charge >= 0.3 is 5.69 Å². The summed E-state index contributed by atoms with van der Waals surface area (Å²) in [7, 11) is 0. The van der Waals surface area contributed by atoms with Gasteiger partial charge in [-0.05, 0) is 18.2 Å². The fourth-order valence-electron chi connectivity index (χ4n) is 5.29. The van der Waals surface area contributed by atoms with E-state index < -0.39 is 41.4 Å². The molecular weight excluding hydrogens is 572 g/mol. The molecule has 42 heavy (non-hydrogen) atoms. The van der Waals surface area contributed by atoms with Crippen molar-refractivity contribution in [2.24, 2.45) is 5.73 Å². The molecule has 214 valence electrons. The number of carbonyl (C=O) groups is 3. The Morgan fingerprint density at radius 3 is 2.64 bits per heavy atom. The summed E-state index contributed by atoms with van der Waals surface area (Å²) in [6.45, 7) is -0.720. The first-order valence-corrected chi connectivity index (χ1v) is 13.2. The summed E-state index contributed by atoms with van der Waals surface area (Å²) in [5.74, 6) is -2.97. The minimum absolute atomic E-state index is 0.0186. The zero-order valence-electron chi connectivity index (χ0n) is 21.7. The van der Waals surface area contributed by atoms with Crippen LogP contribution in [-0.4, -0.2) is 61.1 Å². The van der Waals surface area contributed by atoms with Crippen LogP contribution in [0.3, 0.4) is 0 Å². The molecule has 14 heteroatoms. The van der Waals surface area contributed by atoms with Gasteiger partial charge in [-0.1, -0.05) is 48.0 Å². The quantitative estimate of drug-likeness (QED) is 0.237. The van der Waals surface area contributed by atoms with Crippen molar-refractivity contribution in [3.63, 3.8) is 0 Å². The average molecular weight is 594 g/mol. The second-order valence-electron chi connectivity index (χ2n) is 9.87. The molecule has 0 bridgehead atoms. The highest BCUT2D eigenvalue weighted by atomic mass is 35.5. The molecule has 3 amide bonds. The number of fused-ring (bicyclic) bond motifs is 2. The lowest BCUT2D eigenvalue weighted by Gasteiger charge is -2.24. The van der Waals surface area contributed by atoms with E-state index >= 15 is 4.39 Å². The number of imidazole rings is 1. The van der Waals surface area contributed by atoms with Crippen molar-refractivity contribution in [3.8, 4) is 11.1 Å². The maximum Gasteiger partial charge on any atom is 0.323 e. The number of nitrogens with zero attached hydrogens (tertiary/aromatic N) is 3. The number of nitrogens with one attached hydrogen (secondary N) is 3. The van der Waals surface area contributed by atoms with Crippen LogP contribution in [0.5, 0.6) is 0 Å². The van der Waals surface area contributed by atoms with Gasteiger partial charge in [0, 0.05) is 22.9 Å². The largest absolute Gasteiger partial charge is 0.364 e. The number of carbonyl (C=O) groups excluding carboxylic acids is 3. The Kier molecular flexibility index (Phi) is 6.73. The maximum atomic E-state index is 15.7. The molecule has 0 radical (unpaired) electrons. The van der Waals surface area contributed by atoms with E-state index in [1.54, 1.807) is 30.3 Å². The fourth-order valence-corrected chi connectivity index (χ4v) is 5.60. The highest BCUT2D eigenvalue weighted by Crippen LogP contribution is 2.36. The number of likely N-dealkylation sites (tertiary alicyclic amines) is 1. The van der Waals surface area contributed by atoms with Crippen LogP contribution >= 0.6 is 11.6 Å². The molecule has 1 unspecified atom stereocenters. The Balaban J connectivity index is 1.25. The van der Waals surface area contributed by atoms with Gasteiger partial charge in [-0.2, -0.15) is 5.10 Å². The highest BCUT2D eigenvalue weighted by molar-refractivity contribution is 6.37. The number of amides is 3. The van der Waals surface area contributed by atoms with E-state index in [1.165, 1.54) is 28.9 Å². The third kappa shape index (κ3) is 4.67. The Morgan fingerprint density at radius 1 is 1.07 bits per heavy atom. The molecule has 1 fully saturated rings. The summed E-state index contributed by atoms with van der Waals surface area (Å²) in [5, 5.41) is 7.19. The van der Waals surface area contributed by atoms with E-state index in [0.717, 1.165) is 4.90 Å². The third-order valence-corrected chi connectivity index (χ3v) is 7.62. The Hall–Kier alpha value is -5.04. The number of alkyl halides is 1. The van der Waals surface area contributed by atoms with E-state index in [2.05, 4.69) is 20.4 Å². The summed E-state index contributed by atoms with van der Waals surface area (Å²) >= 11 is 6.45. The predicted octanol–water partition coefficient (Wildman–Crippen LogP) is 3.34. The number of rotatable bonds is 6. The first kappa shape index (κ1) is 27.1. The molecule has 0 aliphatic carbocycles. The average Bonchev–Trinajstić information content (AvgIpc) is 3.65. The van der Waals surface area contributed by atoms with Gasteiger partial charge in [0.2, 0.25) is 11.8 Å². The fraction of sp³-hybridized carbons (Fsp3) is 0.179. The smallest absolute Gasteiger partial charge is 0.323 e. The highest BCUT2D eigenvalue weighted by Gasteiger charge is 2.40. The van der Waals surface area contributed by atoms with Gasteiger partial charge in [0.15, 0.2) is 11.5 Å². The summed E-state index contributed by atoms with van der Waals surface area (Å²) in [4.78, 5) is 56.3. The van der Waals surface area contributed by atoms with E-state index in [9.17, 15) is 23.6 Å². The number of nitrogens with two attached hydrogens (primary N) is 1. The number of aromatic nitrogens is 4. The van der Waals surface area contributed by atoms with Gasteiger partial charge in [0.05, 0.1) is 33.8 Å². The molecule has 5 N–H and O–H groups in total. The van der Waals surface area contributed by atoms with Crippen LogP contribution in [0.4, 0.5) is 14.5 Å². The number of hydrogen-bond acceptors (Lipinski definition) is 5. The van der Waals surface area contributed by atoms with Crippen LogP contribution in [0, 0.1) is 5.82 Å². The normalized spacial score (nSPS) is 16.8. The summed E-state index contributed by atoms with van der Waals surface area (Å²) < 4.78 is 31.5. The lowest BCUT2D eigenvalue weighted by atomic mass is 10.0. The van der Waals surface area contributed by atoms with Crippen molar-refractivity contribution in [1.29, 1.82) is 0 Å². The van der Waals surface area contributed by atoms with Crippen LogP contribution in [0.15, 0.2) is 59.4 Å². The number of benzene rings is 3. The van der Waals surface area contributed by atoms with Crippen LogP contribution in [0.2, 0.25) is 5.02 Å². The Labute approximate surface area is 240 Å². The number of H-pyrrole nitrogens is 2. The summed E-state index contributed by atoms with van der Waals surface area (Å²) in [6, 6.07) is 12.9. The molecule has 0 saturated carbocycles. The van der Waals surface area contributed by atoms with Gasteiger partial charge in [0.1, 0.15) is 18.8 Å². The first-order valence-electron chi connectivity index (χ1n) is 12.8. The van der Waals surface area contributed by atoms with Crippen molar-refractivity contribution >= 4 is 56.9 Å². The topological polar surface area (TPSA) is 159 Å². The Morgan fingerprint density at radius 2 is 1.86 bits per heavy atom. The molecule has 1 aliphatic heterocycles. The molecule has 1 aliphatic rings. The van der Waals surface area contributed by atoms with Gasteiger partial charge in [0.25, 0.3) is 5.91 Å². The molecule has 2 aromatic heterocycles. The third-order valence-electron chi connectivity index (χ3n) is 7.22. The van der Waals surface area contributed by atoms with Gasteiger partial charge in [-0.15, -0.1) is 0 Å². The molecule has 5 aromatic rings. The first-order chi connectivity index (χ1) is 20.1. The van der Waals surface area contributed by atoms with Crippen LogP contribution < -0.4 is 16.7 Å². The molecule has 6 rings (SSSR count). The van der Waals surface area contributed by atoms with Crippen molar-refractivity contribution in [3.05, 3.63) is 81.6 Å². The van der Waals surface area contributed by atoms with Crippen molar-refractivity contribution < 1.29 is 23.2 Å². The summed E-state index contributed by atoms with van der Waals surface area (Å²) in [5.41, 5.74) is 6.28. The summed E-state index contributed by atoms with van der Waals surface area (Å²) in [6.07, 6.45) is -1.76. The maximum absolute atomic E-state index is 15.7. The Bertz CT molecular complexity index is 1970. The lowest BCUT2D eigenvalue weighted by Crippen LogP contribution is -2.44. The number of hydrogen-bond donors (Lipinski definition) is 4. The van der Waals surface area contributed by atoms with E-state index in [-0.39, 0.29) is 47.0 Å². The number of halogens is 3. The SMILES string of the molecule is NC(=O)c1nn(CC(=O)N2C[C@H](F)CC2C(=O)Nc2cccc(-c3ccc4[nH]c(=O)[nH]c4c3Cl)c2F)c2ccccc12. The van der Waals surface area contributed by atoms with Crippen molar-refractivity contribution in [1.82, 2.24) is 24.6 Å². The van der Waals surface area contributed by atoms with Crippen molar-refractivity contribution in [2.45, 2.75) is 25.2 Å². The number of primary amides is 1. The molecule has 0 spiro atoms. The second kappa shape index (κ2) is 10.4. The number of anilines is 1. The van der Waals surface area contributed by atoms with E-state index in [4.69, 9.17) is 17.3 Å². The van der Waals surface area contributed by atoms with Gasteiger partial charge < -0.3 is 25.9 Å². The molecule has 3 aromatic carbocycles. The van der Waals surface area contributed by atoms with E-state index in [1.807, 2.05) is 0 Å². The predicted molar refractivity (Wildman–Crippen MR) is 151 cm³/mol. The monoisotopic (exact) mass is 593 g/mol. The minimum Gasteiger partial charge on any atom is -0.364 e. The molecular formula is C28H22ClF2N7O4. The molecule has 2 atom stereocenters. The lowest BCUT2D eigenvalue weighted by molar-refractivity contribution is -0.137. The van der Waals surface area contributed by atoms with Gasteiger partial charge in [-0.3, -0.25) is 19.1 Å². The van der Waals surface area contributed by atoms with Crippen molar-refractivity contribution in [2.75, 3.05) is 11.9 Å². The zero-order chi connectivity index (χ0) is 29.7. The van der Waals surface area contributed by atoms with Crippen LogP contribution in [0.1, 0.15) is 16.9 Å². The number of para-hydroxylation sites is 1. The number of aromatic amines is 2. The molecule has 11 nitrogen and oxygen atoms in total. The van der Waals surface area contributed by atoms with Gasteiger partial charge in [-0.25, -0.2) is 13.6 Å². The minimum atomic E-state index is -1.48.